The van der Waals surface area contributed by atoms with E-state index in [4.69, 9.17) is 4.42 Å². The van der Waals surface area contributed by atoms with Crippen LogP contribution >= 0.6 is 0 Å². The molecule has 0 bridgehead atoms. The van der Waals surface area contributed by atoms with Crippen LogP contribution in [0.1, 0.15) is 23.2 Å². The predicted molar refractivity (Wildman–Crippen MR) is 44.1 cm³/mol. The fourth-order valence-electron chi connectivity index (χ4n) is 0.848. The maximum atomic E-state index is 12.0. The number of aryl methyl sites for hydroxylation is 1. The number of carbonyl (C=O) groups excluding carboxylic acids is 1. The minimum Gasteiger partial charge on any atom is -0.438 e. The topological polar surface area (TPSA) is 55.1 Å². The zero-order chi connectivity index (χ0) is 9.84. The third-order valence-electron chi connectivity index (χ3n) is 1.56. The second-order valence-corrected chi connectivity index (χ2v) is 2.80. The van der Waals surface area contributed by atoms with Crippen molar-refractivity contribution in [3.63, 3.8) is 0 Å². The highest BCUT2D eigenvalue weighted by Crippen LogP contribution is 2.04. The molecule has 13 heavy (non-hydrogen) atoms. The Morgan fingerprint density at radius 1 is 1.85 bits per heavy atom. The van der Waals surface area contributed by atoms with E-state index in [1.54, 1.807) is 13.8 Å². The molecule has 5 heteroatoms. The standard InChI is InChI=1S/C8H11FN2O2/c1-5(3-9)11-8(12)7-6(2)10-4-13-7/h4-5H,3H2,1-2H3,(H,11,12). The first-order valence-electron chi connectivity index (χ1n) is 3.92. The summed E-state index contributed by atoms with van der Waals surface area (Å²) in [4.78, 5) is 15.0. The largest absolute Gasteiger partial charge is 0.438 e. The summed E-state index contributed by atoms with van der Waals surface area (Å²) in [5.74, 6) is -0.291. The van der Waals surface area contributed by atoms with Gasteiger partial charge in [-0.05, 0) is 13.8 Å². The predicted octanol–water partition coefficient (Wildman–Crippen LogP) is 1.07. The van der Waals surface area contributed by atoms with Crippen LogP contribution in [0.5, 0.6) is 0 Å². The lowest BCUT2D eigenvalue weighted by atomic mass is 10.3. The quantitative estimate of drug-likeness (QED) is 0.768. The average Bonchev–Trinajstić information content (AvgIpc) is 2.51. The van der Waals surface area contributed by atoms with Gasteiger partial charge in [0, 0.05) is 0 Å². The van der Waals surface area contributed by atoms with E-state index in [2.05, 4.69) is 10.3 Å². The van der Waals surface area contributed by atoms with Crippen LogP contribution in [0.4, 0.5) is 4.39 Å². The molecule has 1 N–H and O–H groups in total. The van der Waals surface area contributed by atoms with E-state index in [1.807, 2.05) is 0 Å². The molecular formula is C8H11FN2O2. The number of amides is 1. The maximum absolute atomic E-state index is 12.0. The summed E-state index contributed by atoms with van der Waals surface area (Å²) in [6, 6.07) is -0.503. The van der Waals surface area contributed by atoms with Crippen LogP contribution in [-0.2, 0) is 0 Å². The van der Waals surface area contributed by atoms with Gasteiger partial charge in [0.15, 0.2) is 6.39 Å². The molecule has 0 radical (unpaired) electrons. The Kier molecular flexibility index (Phi) is 3.00. The molecule has 0 aromatic carbocycles. The third kappa shape index (κ3) is 2.27. The fraction of sp³-hybridized carbons (Fsp3) is 0.500. The van der Waals surface area contributed by atoms with Crippen molar-refractivity contribution in [1.82, 2.24) is 10.3 Å². The number of carbonyl (C=O) groups is 1. The molecule has 0 aliphatic carbocycles. The molecule has 1 heterocycles. The Morgan fingerprint density at radius 3 is 3.00 bits per heavy atom. The monoisotopic (exact) mass is 186 g/mol. The number of hydrogen-bond acceptors (Lipinski definition) is 3. The molecule has 1 rings (SSSR count). The van der Waals surface area contributed by atoms with Crippen molar-refractivity contribution in [1.29, 1.82) is 0 Å². The fourth-order valence-corrected chi connectivity index (χ4v) is 0.848. The number of aromatic nitrogens is 1. The smallest absolute Gasteiger partial charge is 0.289 e. The van der Waals surface area contributed by atoms with Crippen LogP contribution in [0.25, 0.3) is 0 Å². The van der Waals surface area contributed by atoms with Gasteiger partial charge in [-0.15, -0.1) is 0 Å². The minimum absolute atomic E-state index is 0.139. The summed E-state index contributed by atoms with van der Waals surface area (Å²) in [5.41, 5.74) is 0.503. The van der Waals surface area contributed by atoms with E-state index in [0.717, 1.165) is 0 Å². The Hall–Kier alpha value is -1.39. The maximum Gasteiger partial charge on any atom is 0.289 e. The lowest BCUT2D eigenvalue weighted by Gasteiger charge is -2.07. The number of rotatable bonds is 3. The van der Waals surface area contributed by atoms with E-state index < -0.39 is 18.6 Å². The molecule has 1 unspecified atom stereocenters. The molecular weight excluding hydrogens is 175 g/mol. The summed E-state index contributed by atoms with van der Waals surface area (Å²) in [6.45, 7) is 2.63. The van der Waals surface area contributed by atoms with E-state index in [-0.39, 0.29) is 5.76 Å². The Labute approximate surface area is 75.1 Å². The second kappa shape index (κ2) is 4.02. The summed E-state index contributed by atoms with van der Waals surface area (Å²) >= 11 is 0. The van der Waals surface area contributed by atoms with Gasteiger partial charge in [0.1, 0.15) is 6.67 Å². The molecule has 0 aliphatic heterocycles. The highest BCUT2D eigenvalue weighted by Gasteiger charge is 2.15. The van der Waals surface area contributed by atoms with Gasteiger partial charge in [0.25, 0.3) is 5.91 Å². The summed E-state index contributed by atoms with van der Waals surface area (Å²) < 4.78 is 16.9. The van der Waals surface area contributed by atoms with Crippen LogP contribution in [0, 0.1) is 6.92 Å². The third-order valence-corrected chi connectivity index (χ3v) is 1.56. The van der Waals surface area contributed by atoms with E-state index >= 15 is 0 Å². The summed E-state index contributed by atoms with van der Waals surface area (Å²) in [6.07, 6.45) is 1.18. The van der Waals surface area contributed by atoms with Gasteiger partial charge in [0.05, 0.1) is 11.7 Å². The van der Waals surface area contributed by atoms with Gasteiger partial charge in [-0.3, -0.25) is 4.79 Å². The molecule has 0 saturated carbocycles. The Morgan fingerprint density at radius 2 is 2.54 bits per heavy atom. The Balaban J connectivity index is 2.64. The molecule has 0 fully saturated rings. The second-order valence-electron chi connectivity index (χ2n) is 2.80. The molecule has 1 atom stereocenters. The zero-order valence-electron chi connectivity index (χ0n) is 7.50. The van der Waals surface area contributed by atoms with Crippen molar-refractivity contribution >= 4 is 5.91 Å². The van der Waals surface area contributed by atoms with Crippen molar-refractivity contribution < 1.29 is 13.6 Å². The normalized spacial score (nSPS) is 12.5. The molecule has 0 saturated heterocycles. The molecule has 1 aromatic rings. The number of alkyl halides is 1. The lowest BCUT2D eigenvalue weighted by molar-refractivity contribution is 0.0905. The van der Waals surface area contributed by atoms with Gasteiger partial charge in [-0.25, -0.2) is 9.37 Å². The molecule has 0 aliphatic rings. The van der Waals surface area contributed by atoms with Gasteiger partial charge >= 0.3 is 0 Å². The number of nitrogens with one attached hydrogen (secondary N) is 1. The van der Waals surface area contributed by atoms with Crippen molar-refractivity contribution in [3.05, 3.63) is 17.8 Å². The van der Waals surface area contributed by atoms with Crippen molar-refractivity contribution in [2.45, 2.75) is 19.9 Å². The molecule has 1 amide bonds. The highest BCUT2D eigenvalue weighted by atomic mass is 19.1. The first-order valence-corrected chi connectivity index (χ1v) is 3.92. The van der Waals surface area contributed by atoms with Crippen molar-refractivity contribution in [2.24, 2.45) is 0 Å². The van der Waals surface area contributed by atoms with Gasteiger partial charge in [-0.1, -0.05) is 0 Å². The molecule has 1 aromatic heterocycles. The highest BCUT2D eigenvalue weighted by molar-refractivity contribution is 5.92. The van der Waals surface area contributed by atoms with Gasteiger partial charge < -0.3 is 9.73 Å². The average molecular weight is 186 g/mol. The SMILES string of the molecule is Cc1ncoc1C(=O)NC(C)CF. The molecule has 0 spiro atoms. The van der Waals surface area contributed by atoms with Gasteiger partial charge in [0.2, 0.25) is 5.76 Å². The summed E-state index contributed by atoms with van der Waals surface area (Å²) in [7, 11) is 0. The molecule has 4 nitrogen and oxygen atoms in total. The number of oxazole rings is 1. The van der Waals surface area contributed by atoms with Crippen LogP contribution in [-0.4, -0.2) is 23.6 Å². The van der Waals surface area contributed by atoms with E-state index in [1.165, 1.54) is 6.39 Å². The minimum atomic E-state index is -0.598. The number of nitrogens with zero attached hydrogens (tertiary/aromatic N) is 1. The zero-order valence-corrected chi connectivity index (χ0v) is 7.50. The first kappa shape index (κ1) is 9.70. The Bertz CT molecular complexity index is 298. The lowest BCUT2D eigenvalue weighted by Crippen LogP contribution is -2.34. The molecule has 72 valence electrons. The van der Waals surface area contributed by atoms with Crippen molar-refractivity contribution in [3.8, 4) is 0 Å². The van der Waals surface area contributed by atoms with Crippen molar-refractivity contribution in [2.75, 3.05) is 6.67 Å². The van der Waals surface area contributed by atoms with E-state index in [0.29, 0.717) is 5.69 Å². The van der Waals surface area contributed by atoms with Crippen LogP contribution in [0.3, 0.4) is 0 Å². The number of halogens is 1. The van der Waals surface area contributed by atoms with Crippen LogP contribution < -0.4 is 5.32 Å². The van der Waals surface area contributed by atoms with Gasteiger partial charge in [-0.2, -0.15) is 0 Å². The van der Waals surface area contributed by atoms with E-state index in [9.17, 15) is 9.18 Å². The summed E-state index contributed by atoms with van der Waals surface area (Å²) in [5, 5.41) is 2.43. The first-order chi connectivity index (χ1) is 6.15. The number of hydrogen-bond donors (Lipinski definition) is 1. The van der Waals surface area contributed by atoms with Crippen LogP contribution in [0.15, 0.2) is 10.8 Å². The van der Waals surface area contributed by atoms with Crippen LogP contribution in [0.2, 0.25) is 0 Å².